The van der Waals surface area contributed by atoms with Crippen molar-refractivity contribution >= 4 is 31.3 Å². The van der Waals surface area contributed by atoms with E-state index < -0.39 is 9.05 Å². The van der Waals surface area contributed by atoms with Gasteiger partial charge in [-0.1, -0.05) is 37.6 Å². The number of nitrogens with zero attached hydrogens (tertiary/aromatic N) is 2. The Bertz CT molecular complexity index is 754. The summed E-state index contributed by atoms with van der Waals surface area (Å²) in [5.74, 6) is 0. The summed E-state index contributed by atoms with van der Waals surface area (Å²) in [5, 5.41) is 5.04. The number of aromatic nitrogens is 2. The number of benzene rings is 1. The molecule has 0 unspecified atom stereocenters. The Labute approximate surface area is 134 Å². The van der Waals surface area contributed by atoms with E-state index in [0.717, 1.165) is 5.56 Å². The second-order valence-electron chi connectivity index (χ2n) is 4.66. The minimum atomic E-state index is -3.81. The van der Waals surface area contributed by atoms with E-state index in [1.165, 1.54) is 0 Å². The second kappa shape index (κ2) is 6.38. The van der Waals surface area contributed by atoms with Gasteiger partial charge in [0.15, 0.2) is 0 Å². The van der Waals surface area contributed by atoms with Gasteiger partial charge in [0.2, 0.25) is 0 Å². The fraction of sp³-hybridized carbons (Fsp3) is 0.357. The van der Waals surface area contributed by atoms with E-state index >= 15 is 0 Å². The Morgan fingerprint density at radius 2 is 1.95 bits per heavy atom. The van der Waals surface area contributed by atoms with Gasteiger partial charge < -0.3 is 0 Å². The van der Waals surface area contributed by atoms with Gasteiger partial charge >= 0.3 is 0 Å². The van der Waals surface area contributed by atoms with E-state index in [9.17, 15) is 8.42 Å². The van der Waals surface area contributed by atoms with Crippen molar-refractivity contribution in [3.8, 4) is 0 Å². The highest BCUT2D eigenvalue weighted by molar-refractivity contribution is 8.13. The minimum absolute atomic E-state index is 0.149. The first-order valence-electron chi connectivity index (χ1n) is 6.64. The molecule has 0 radical (unpaired) electrons. The Morgan fingerprint density at radius 1 is 1.24 bits per heavy atom. The van der Waals surface area contributed by atoms with E-state index in [1.54, 1.807) is 10.7 Å². The summed E-state index contributed by atoms with van der Waals surface area (Å²) in [6.07, 6.45) is 1.05. The summed E-state index contributed by atoms with van der Waals surface area (Å²) in [6.45, 7) is 4.21. The van der Waals surface area contributed by atoms with Crippen LogP contribution in [-0.4, -0.2) is 18.2 Å². The van der Waals surface area contributed by atoms with Gasteiger partial charge in [-0.2, -0.15) is 5.10 Å². The summed E-state index contributed by atoms with van der Waals surface area (Å²) in [6, 6.07) is 7.41. The predicted molar refractivity (Wildman–Crippen MR) is 84.6 cm³/mol. The number of hydrogen-bond donors (Lipinski definition) is 0. The fourth-order valence-corrected chi connectivity index (χ4v) is 4.08. The minimum Gasteiger partial charge on any atom is -0.263 e. The standard InChI is InChI=1S/C14H16Cl2N2O2S/c1-3-12-14(21(16,19)20)13(4-2)18(17-12)9-10-6-5-7-11(15)8-10/h5-8H,3-4,9H2,1-2H3. The lowest BCUT2D eigenvalue weighted by atomic mass is 10.2. The van der Waals surface area contributed by atoms with Crippen LogP contribution in [0.4, 0.5) is 0 Å². The van der Waals surface area contributed by atoms with Crippen molar-refractivity contribution in [2.24, 2.45) is 0 Å². The smallest absolute Gasteiger partial charge is 0.263 e. The summed E-state index contributed by atoms with van der Waals surface area (Å²) in [5.41, 5.74) is 2.09. The van der Waals surface area contributed by atoms with Crippen molar-refractivity contribution in [3.63, 3.8) is 0 Å². The molecule has 114 valence electrons. The lowest BCUT2D eigenvalue weighted by Crippen LogP contribution is -2.07. The third-order valence-electron chi connectivity index (χ3n) is 3.21. The zero-order valence-corrected chi connectivity index (χ0v) is 14.1. The molecule has 7 heteroatoms. The van der Waals surface area contributed by atoms with E-state index in [1.807, 2.05) is 32.0 Å². The molecule has 0 amide bonds. The molecule has 0 spiro atoms. The Morgan fingerprint density at radius 3 is 2.48 bits per heavy atom. The van der Waals surface area contributed by atoms with Crippen LogP contribution in [0.2, 0.25) is 5.02 Å². The molecule has 0 N–H and O–H groups in total. The summed E-state index contributed by atoms with van der Waals surface area (Å²) >= 11 is 5.97. The molecule has 0 aliphatic carbocycles. The molecule has 1 aromatic heterocycles. The van der Waals surface area contributed by atoms with Gasteiger partial charge in [-0.25, -0.2) is 8.42 Å². The molecule has 2 aromatic rings. The maximum Gasteiger partial charge on any atom is 0.264 e. The van der Waals surface area contributed by atoms with Crippen molar-refractivity contribution in [1.82, 2.24) is 9.78 Å². The molecule has 0 bridgehead atoms. The van der Waals surface area contributed by atoms with Gasteiger partial charge in [-0.15, -0.1) is 0 Å². The maximum absolute atomic E-state index is 11.8. The van der Waals surface area contributed by atoms with Gasteiger partial charge in [0.05, 0.1) is 17.9 Å². The van der Waals surface area contributed by atoms with E-state index in [2.05, 4.69) is 5.10 Å². The second-order valence-corrected chi connectivity index (χ2v) is 7.59. The summed E-state index contributed by atoms with van der Waals surface area (Å²) in [4.78, 5) is 0.149. The normalized spacial score (nSPS) is 11.8. The van der Waals surface area contributed by atoms with Crippen LogP contribution >= 0.6 is 22.3 Å². The topological polar surface area (TPSA) is 52.0 Å². The molecule has 4 nitrogen and oxygen atoms in total. The van der Waals surface area contributed by atoms with E-state index in [0.29, 0.717) is 35.8 Å². The first-order chi connectivity index (χ1) is 9.86. The van der Waals surface area contributed by atoms with Crippen molar-refractivity contribution in [2.75, 3.05) is 0 Å². The lowest BCUT2D eigenvalue weighted by molar-refractivity contribution is 0.605. The average molecular weight is 347 g/mol. The zero-order valence-electron chi connectivity index (χ0n) is 11.8. The number of halogens is 2. The van der Waals surface area contributed by atoms with Crippen LogP contribution in [0.3, 0.4) is 0 Å². The van der Waals surface area contributed by atoms with Crippen LogP contribution in [0.5, 0.6) is 0 Å². The summed E-state index contributed by atoms with van der Waals surface area (Å²) in [7, 11) is 1.76. The maximum atomic E-state index is 11.8. The molecular weight excluding hydrogens is 331 g/mol. The molecular formula is C14H16Cl2N2O2S. The monoisotopic (exact) mass is 346 g/mol. The quantitative estimate of drug-likeness (QED) is 0.776. The lowest BCUT2D eigenvalue weighted by Gasteiger charge is -2.07. The van der Waals surface area contributed by atoms with Gasteiger partial charge in [0.1, 0.15) is 4.90 Å². The van der Waals surface area contributed by atoms with Crippen molar-refractivity contribution in [1.29, 1.82) is 0 Å². The largest absolute Gasteiger partial charge is 0.264 e. The third-order valence-corrected chi connectivity index (χ3v) is 4.87. The molecule has 0 atom stereocenters. The molecule has 0 saturated carbocycles. The molecule has 0 fully saturated rings. The van der Waals surface area contributed by atoms with Gasteiger partial charge in [0, 0.05) is 15.7 Å². The highest BCUT2D eigenvalue weighted by Gasteiger charge is 2.25. The van der Waals surface area contributed by atoms with Gasteiger partial charge in [-0.05, 0) is 30.5 Å². The van der Waals surface area contributed by atoms with Crippen LogP contribution in [0.15, 0.2) is 29.2 Å². The number of hydrogen-bond acceptors (Lipinski definition) is 3. The highest BCUT2D eigenvalue weighted by Crippen LogP contribution is 2.26. The van der Waals surface area contributed by atoms with Gasteiger partial charge in [-0.3, -0.25) is 4.68 Å². The van der Waals surface area contributed by atoms with Crippen LogP contribution in [-0.2, 0) is 28.4 Å². The van der Waals surface area contributed by atoms with Gasteiger partial charge in [0.25, 0.3) is 9.05 Å². The molecule has 0 aliphatic heterocycles. The number of rotatable bonds is 5. The third kappa shape index (κ3) is 3.59. The highest BCUT2D eigenvalue weighted by atomic mass is 35.7. The fourth-order valence-electron chi connectivity index (χ4n) is 2.33. The molecule has 1 aromatic carbocycles. The Balaban J connectivity index is 2.52. The van der Waals surface area contributed by atoms with Crippen molar-refractivity contribution < 1.29 is 8.42 Å². The van der Waals surface area contributed by atoms with Crippen LogP contribution in [0, 0.1) is 0 Å². The van der Waals surface area contributed by atoms with Crippen molar-refractivity contribution in [3.05, 3.63) is 46.2 Å². The Hall–Kier alpha value is -1.04. The number of aryl methyl sites for hydroxylation is 1. The van der Waals surface area contributed by atoms with Crippen LogP contribution in [0.1, 0.15) is 30.8 Å². The molecule has 0 aliphatic rings. The zero-order chi connectivity index (χ0) is 15.6. The van der Waals surface area contributed by atoms with Crippen LogP contribution < -0.4 is 0 Å². The first-order valence-corrected chi connectivity index (χ1v) is 9.33. The first kappa shape index (κ1) is 16.3. The molecule has 2 rings (SSSR count). The SMILES string of the molecule is CCc1nn(Cc2cccc(Cl)c2)c(CC)c1S(=O)(=O)Cl. The predicted octanol–water partition coefficient (Wildman–Crippen LogP) is 3.64. The van der Waals surface area contributed by atoms with Crippen LogP contribution in [0.25, 0.3) is 0 Å². The molecule has 0 saturated heterocycles. The van der Waals surface area contributed by atoms with E-state index in [-0.39, 0.29) is 4.90 Å². The molecule has 1 heterocycles. The van der Waals surface area contributed by atoms with E-state index in [4.69, 9.17) is 22.3 Å². The summed E-state index contributed by atoms with van der Waals surface area (Å²) < 4.78 is 25.3. The van der Waals surface area contributed by atoms with Crippen molar-refractivity contribution in [2.45, 2.75) is 38.1 Å². The molecule has 21 heavy (non-hydrogen) atoms. The Kier molecular flexibility index (Phi) is 4.96. The average Bonchev–Trinajstić information content (AvgIpc) is 2.76.